The molecule has 0 aliphatic heterocycles. The maximum absolute atomic E-state index is 6.08. The van der Waals surface area contributed by atoms with Gasteiger partial charge in [0, 0.05) is 17.1 Å². The van der Waals surface area contributed by atoms with E-state index in [4.69, 9.17) is 4.42 Å². The average Bonchev–Trinajstić information content (AvgIpc) is 2.88. The van der Waals surface area contributed by atoms with Crippen LogP contribution in [0.2, 0.25) is 0 Å². The molecular weight excluding hydrogens is 260 g/mol. The average molecular weight is 280 g/mol. The Morgan fingerprint density at radius 2 is 2.00 bits per heavy atom. The van der Waals surface area contributed by atoms with Crippen molar-refractivity contribution in [2.45, 2.75) is 33.2 Å². The number of para-hydroxylation sites is 1. The minimum atomic E-state index is 0.107. The number of nitrogens with one attached hydrogen (secondary N) is 1. The number of hydrogen-bond donors (Lipinski definition) is 1. The molecule has 1 unspecified atom stereocenters. The zero-order valence-corrected chi connectivity index (χ0v) is 12.7. The van der Waals surface area contributed by atoms with Crippen LogP contribution >= 0.6 is 0 Å². The maximum Gasteiger partial charge on any atom is 0.134 e. The van der Waals surface area contributed by atoms with E-state index >= 15 is 0 Å². The van der Waals surface area contributed by atoms with Gasteiger partial charge in [-0.05, 0) is 38.5 Å². The zero-order chi connectivity index (χ0) is 14.8. The van der Waals surface area contributed by atoms with E-state index in [0.717, 1.165) is 29.1 Å². The quantitative estimate of drug-likeness (QED) is 0.740. The van der Waals surface area contributed by atoms with E-state index in [1.54, 1.807) is 0 Å². The number of nitrogens with zero attached hydrogens (tertiary/aromatic N) is 1. The van der Waals surface area contributed by atoms with E-state index in [1.807, 2.05) is 37.4 Å². The van der Waals surface area contributed by atoms with Crippen LogP contribution in [-0.4, -0.2) is 4.98 Å². The number of rotatable bonds is 4. The van der Waals surface area contributed by atoms with Crippen LogP contribution in [0.25, 0.3) is 11.0 Å². The summed E-state index contributed by atoms with van der Waals surface area (Å²) in [5.74, 6) is 1.02. The van der Waals surface area contributed by atoms with E-state index in [2.05, 4.69) is 36.3 Å². The molecule has 0 aliphatic rings. The highest BCUT2D eigenvalue weighted by atomic mass is 16.3. The van der Waals surface area contributed by atoms with Crippen LogP contribution < -0.4 is 5.32 Å². The molecule has 3 aromatic rings. The molecule has 0 spiro atoms. The van der Waals surface area contributed by atoms with Gasteiger partial charge in [0.05, 0.1) is 17.4 Å². The van der Waals surface area contributed by atoms with Crippen molar-refractivity contribution in [3.63, 3.8) is 0 Å². The van der Waals surface area contributed by atoms with E-state index in [-0.39, 0.29) is 6.04 Å². The molecule has 1 atom stereocenters. The number of aromatic nitrogens is 1. The van der Waals surface area contributed by atoms with Gasteiger partial charge in [-0.15, -0.1) is 0 Å². The van der Waals surface area contributed by atoms with Gasteiger partial charge in [0.2, 0.25) is 0 Å². The van der Waals surface area contributed by atoms with Crippen molar-refractivity contribution in [3.05, 3.63) is 59.6 Å². The number of aryl methyl sites for hydroxylation is 2. The molecule has 0 bridgehead atoms. The van der Waals surface area contributed by atoms with E-state index in [9.17, 15) is 0 Å². The summed E-state index contributed by atoms with van der Waals surface area (Å²) in [5.41, 5.74) is 4.29. The Morgan fingerprint density at radius 3 is 2.76 bits per heavy atom. The fourth-order valence-electron chi connectivity index (χ4n) is 2.77. The fraction of sp³-hybridized carbons (Fsp3) is 0.278. The van der Waals surface area contributed by atoms with Gasteiger partial charge in [-0.25, -0.2) is 0 Å². The van der Waals surface area contributed by atoms with Crippen LogP contribution in [0.5, 0.6) is 0 Å². The molecule has 1 N–H and O–H groups in total. The molecule has 0 radical (unpaired) electrons. The number of hydrogen-bond acceptors (Lipinski definition) is 3. The Labute approximate surface area is 125 Å². The summed E-state index contributed by atoms with van der Waals surface area (Å²) < 4.78 is 6.08. The van der Waals surface area contributed by atoms with Gasteiger partial charge in [-0.1, -0.05) is 25.1 Å². The first-order chi connectivity index (χ1) is 10.2. The van der Waals surface area contributed by atoms with Crippen LogP contribution in [0.1, 0.15) is 36.9 Å². The lowest BCUT2D eigenvalue weighted by atomic mass is 10.0. The van der Waals surface area contributed by atoms with Crippen molar-refractivity contribution in [2.75, 3.05) is 5.32 Å². The monoisotopic (exact) mass is 280 g/mol. The molecule has 0 saturated carbocycles. The Bertz CT molecular complexity index is 761. The molecule has 0 saturated heterocycles. The van der Waals surface area contributed by atoms with Crippen LogP contribution in [0.4, 0.5) is 5.69 Å². The van der Waals surface area contributed by atoms with Crippen molar-refractivity contribution in [1.82, 2.24) is 4.98 Å². The molecule has 3 nitrogen and oxygen atoms in total. The summed E-state index contributed by atoms with van der Waals surface area (Å²) in [4.78, 5) is 4.32. The van der Waals surface area contributed by atoms with Crippen molar-refractivity contribution < 1.29 is 4.42 Å². The highest BCUT2D eigenvalue weighted by Gasteiger charge is 2.18. The van der Waals surface area contributed by atoms with Crippen LogP contribution in [-0.2, 0) is 6.42 Å². The molecule has 0 aliphatic carbocycles. The van der Waals surface area contributed by atoms with E-state index in [0.29, 0.717) is 0 Å². The van der Waals surface area contributed by atoms with Gasteiger partial charge in [-0.2, -0.15) is 0 Å². The van der Waals surface area contributed by atoms with Crippen molar-refractivity contribution in [3.8, 4) is 0 Å². The lowest BCUT2D eigenvalue weighted by molar-refractivity contribution is 0.519. The molecule has 108 valence electrons. The van der Waals surface area contributed by atoms with Crippen molar-refractivity contribution in [2.24, 2.45) is 0 Å². The minimum Gasteiger partial charge on any atom is -0.459 e. The molecular formula is C18H20N2O. The first kappa shape index (κ1) is 13.7. The first-order valence-electron chi connectivity index (χ1n) is 7.39. The van der Waals surface area contributed by atoms with Crippen LogP contribution in [0.3, 0.4) is 0 Å². The molecule has 2 aromatic heterocycles. The van der Waals surface area contributed by atoms with Gasteiger partial charge in [0.1, 0.15) is 11.3 Å². The molecule has 3 rings (SSSR count). The number of anilines is 1. The zero-order valence-electron chi connectivity index (χ0n) is 12.7. The van der Waals surface area contributed by atoms with E-state index in [1.165, 1.54) is 10.9 Å². The fourth-order valence-corrected chi connectivity index (χ4v) is 2.77. The summed E-state index contributed by atoms with van der Waals surface area (Å²) >= 11 is 0. The third kappa shape index (κ3) is 2.51. The largest absolute Gasteiger partial charge is 0.459 e. The molecule has 1 aromatic carbocycles. The SMILES string of the molecule is CCc1c(C(C)Nc2cccnc2C)oc2ccccc12. The third-order valence-electron chi connectivity index (χ3n) is 3.86. The minimum absolute atomic E-state index is 0.107. The van der Waals surface area contributed by atoms with Crippen molar-refractivity contribution in [1.29, 1.82) is 0 Å². The summed E-state index contributed by atoms with van der Waals surface area (Å²) in [6.45, 7) is 6.31. The Kier molecular flexibility index (Phi) is 3.65. The van der Waals surface area contributed by atoms with Crippen molar-refractivity contribution >= 4 is 16.7 Å². The number of benzene rings is 1. The number of pyridine rings is 1. The Morgan fingerprint density at radius 1 is 1.19 bits per heavy atom. The van der Waals surface area contributed by atoms with Gasteiger partial charge in [-0.3, -0.25) is 4.98 Å². The molecule has 0 fully saturated rings. The standard InChI is InChI=1S/C18H20N2O/c1-4-14-15-8-5-6-10-17(15)21-18(14)13(3)20-16-9-7-11-19-12(16)2/h5-11,13,20H,4H2,1-3H3. The van der Waals surface area contributed by atoms with Crippen LogP contribution in [0, 0.1) is 6.92 Å². The van der Waals surface area contributed by atoms with Gasteiger partial charge >= 0.3 is 0 Å². The highest BCUT2D eigenvalue weighted by Crippen LogP contribution is 2.32. The summed E-state index contributed by atoms with van der Waals surface area (Å²) in [6.07, 6.45) is 2.77. The predicted molar refractivity (Wildman–Crippen MR) is 86.6 cm³/mol. The molecule has 0 amide bonds. The predicted octanol–water partition coefficient (Wildman–Crippen LogP) is 4.87. The van der Waals surface area contributed by atoms with E-state index < -0.39 is 0 Å². The molecule has 3 heteroatoms. The topological polar surface area (TPSA) is 38.1 Å². The smallest absolute Gasteiger partial charge is 0.134 e. The van der Waals surface area contributed by atoms with Crippen LogP contribution in [0.15, 0.2) is 47.0 Å². The second kappa shape index (κ2) is 5.60. The summed E-state index contributed by atoms with van der Waals surface area (Å²) in [6, 6.07) is 12.3. The second-order valence-electron chi connectivity index (χ2n) is 5.30. The number of furan rings is 1. The van der Waals surface area contributed by atoms with Gasteiger partial charge in [0.25, 0.3) is 0 Å². The maximum atomic E-state index is 6.08. The Hall–Kier alpha value is -2.29. The summed E-state index contributed by atoms with van der Waals surface area (Å²) in [7, 11) is 0. The first-order valence-corrected chi connectivity index (χ1v) is 7.39. The summed E-state index contributed by atoms with van der Waals surface area (Å²) in [5, 5.41) is 4.72. The van der Waals surface area contributed by atoms with Gasteiger partial charge in [0.15, 0.2) is 0 Å². The molecule has 21 heavy (non-hydrogen) atoms. The normalized spacial score (nSPS) is 12.5. The highest BCUT2D eigenvalue weighted by molar-refractivity contribution is 5.82. The Balaban J connectivity index is 1.98. The molecule has 2 heterocycles. The van der Waals surface area contributed by atoms with Gasteiger partial charge < -0.3 is 9.73 Å². The third-order valence-corrected chi connectivity index (χ3v) is 3.86. The second-order valence-corrected chi connectivity index (χ2v) is 5.30. The lowest BCUT2D eigenvalue weighted by Gasteiger charge is -2.15. The lowest BCUT2D eigenvalue weighted by Crippen LogP contribution is -2.09. The number of fused-ring (bicyclic) bond motifs is 1.